The van der Waals surface area contributed by atoms with Gasteiger partial charge in [0.05, 0.1) is 7.95 Å². The average Bonchev–Trinajstić information content (AvgIpc) is 2.83. The molecule has 1 aliphatic rings. The summed E-state index contributed by atoms with van der Waals surface area (Å²) in [4.78, 5) is 3.15. The van der Waals surface area contributed by atoms with Crippen LogP contribution in [0.25, 0.3) is 0 Å². The van der Waals surface area contributed by atoms with Crippen LogP contribution in [0.4, 0.5) is 0 Å². The molecule has 1 aromatic heterocycles. The molecule has 0 radical (unpaired) electrons. The lowest BCUT2D eigenvalue weighted by molar-refractivity contribution is 0.606. The molecule has 2 rings (SSSR count). The zero-order valence-electron chi connectivity index (χ0n) is 11.7. The number of halogens is 2. The lowest BCUT2D eigenvalue weighted by atomic mass is 10.1. The zero-order valence-corrected chi connectivity index (χ0v) is 16.5. The van der Waals surface area contributed by atoms with Crippen LogP contribution in [0.1, 0.15) is 68.7 Å². The van der Waals surface area contributed by atoms with Gasteiger partial charge >= 0.3 is 0 Å². The number of unbranched alkanes of at least 4 members (excludes halogenated alkanes) is 5. The first kappa shape index (κ1) is 16.4. The molecule has 4 heteroatoms. The van der Waals surface area contributed by atoms with Crippen molar-refractivity contribution in [3.8, 4) is 0 Å². The van der Waals surface area contributed by atoms with Crippen molar-refractivity contribution in [2.75, 3.05) is 0 Å². The summed E-state index contributed by atoms with van der Waals surface area (Å²) in [7, 11) is 0. The Labute approximate surface area is 142 Å². The molecule has 0 N–H and O–H groups in total. The van der Waals surface area contributed by atoms with Gasteiger partial charge in [0.2, 0.25) is 0 Å². The van der Waals surface area contributed by atoms with E-state index in [2.05, 4.69) is 45.7 Å². The molecule has 0 aliphatic carbocycles. The highest BCUT2D eigenvalue weighted by atomic mass is 79.9. The molecule has 1 aliphatic heterocycles. The van der Waals surface area contributed by atoms with Crippen LogP contribution in [0.3, 0.4) is 0 Å². The summed E-state index contributed by atoms with van der Waals surface area (Å²) >= 11 is 11.5. The number of hydrogen-bond acceptors (Lipinski definition) is 2. The smallest absolute Gasteiger partial charge is 0.0745 e. The van der Waals surface area contributed by atoms with Crippen LogP contribution in [0.5, 0.6) is 0 Å². The average molecular weight is 426 g/mol. The molecule has 2 heterocycles. The Balaban J connectivity index is 1.86. The fourth-order valence-corrected chi connectivity index (χ4v) is 7.24. The van der Waals surface area contributed by atoms with Crippen molar-refractivity contribution in [2.24, 2.45) is 0 Å². The molecule has 0 spiro atoms. The Bertz CT molecular complexity index is 415. The molecule has 0 nitrogen and oxygen atoms in total. The highest BCUT2D eigenvalue weighted by Gasteiger charge is 2.33. The van der Waals surface area contributed by atoms with Gasteiger partial charge in [0.25, 0.3) is 0 Å². The molecular formula is C15H22Br2S2. The third-order valence-corrected chi connectivity index (χ3v) is 8.76. The molecule has 0 aromatic carbocycles. The van der Waals surface area contributed by atoms with E-state index in [1.807, 2.05) is 23.1 Å². The predicted octanol–water partition coefficient (Wildman–Crippen LogP) is 7.34. The summed E-state index contributed by atoms with van der Waals surface area (Å²) in [6, 6.07) is 0. The fraction of sp³-hybridized carbons (Fsp3) is 0.733. The maximum Gasteiger partial charge on any atom is 0.0745 e. The van der Waals surface area contributed by atoms with Crippen LogP contribution in [0.15, 0.2) is 8.68 Å². The van der Waals surface area contributed by atoms with Crippen molar-refractivity contribution in [1.82, 2.24) is 0 Å². The van der Waals surface area contributed by atoms with Gasteiger partial charge in [-0.3, -0.25) is 0 Å². The van der Waals surface area contributed by atoms with E-state index in [1.165, 1.54) is 48.7 Å². The second kappa shape index (κ2) is 7.86. The van der Waals surface area contributed by atoms with Crippen molar-refractivity contribution < 1.29 is 0 Å². The molecule has 2 atom stereocenters. The summed E-state index contributed by atoms with van der Waals surface area (Å²) in [5.41, 5.74) is 1.58. The minimum Gasteiger partial charge on any atom is -0.131 e. The summed E-state index contributed by atoms with van der Waals surface area (Å²) in [6.45, 7) is 4.61. The Hall–Kier alpha value is 1.01. The Morgan fingerprint density at radius 2 is 1.79 bits per heavy atom. The van der Waals surface area contributed by atoms with Gasteiger partial charge in [-0.15, -0.1) is 23.1 Å². The van der Waals surface area contributed by atoms with Crippen LogP contribution >= 0.6 is 55.0 Å². The number of alkyl halides is 1. The van der Waals surface area contributed by atoms with Crippen molar-refractivity contribution in [3.05, 3.63) is 14.2 Å². The van der Waals surface area contributed by atoms with Crippen LogP contribution < -0.4 is 0 Å². The predicted molar refractivity (Wildman–Crippen MR) is 96.1 cm³/mol. The molecule has 19 heavy (non-hydrogen) atoms. The van der Waals surface area contributed by atoms with E-state index in [9.17, 15) is 0 Å². The monoisotopic (exact) mass is 424 g/mol. The third-order valence-electron chi connectivity index (χ3n) is 3.75. The van der Waals surface area contributed by atoms with Crippen LogP contribution in [-0.2, 0) is 6.42 Å². The van der Waals surface area contributed by atoms with E-state index >= 15 is 0 Å². The first-order chi connectivity index (χ1) is 9.15. The lowest BCUT2D eigenvalue weighted by Crippen LogP contribution is -1.94. The number of hydrogen-bond donors (Lipinski definition) is 0. The van der Waals surface area contributed by atoms with E-state index in [4.69, 9.17) is 0 Å². The van der Waals surface area contributed by atoms with Crippen molar-refractivity contribution in [2.45, 2.75) is 73.8 Å². The van der Waals surface area contributed by atoms with Crippen molar-refractivity contribution >= 4 is 55.0 Å². The number of fused-ring (bicyclic) bond motifs is 1. The van der Waals surface area contributed by atoms with Gasteiger partial charge < -0.3 is 0 Å². The highest BCUT2D eigenvalue weighted by Crippen LogP contribution is 2.55. The first-order valence-electron chi connectivity index (χ1n) is 7.27. The summed E-state index contributed by atoms with van der Waals surface area (Å²) in [6.07, 6.45) is 9.53. The highest BCUT2D eigenvalue weighted by molar-refractivity contribution is 9.11. The fourth-order valence-electron chi connectivity index (χ4n) is 2.50. The molecule has 0 amide bonds. The van der Waals surface area contributed by atoms with E-state index < -0.39 is 0 Å². The van der Waals surface area contributed by atoms with Gasteiger partial charge in [0, 0.05) is 15.7 Å². The summed E-state index contributed by atoms with van der Waals surface area (Å²) in [5.74, 6) is 0.652. The molecule has 0 bridgehead atoms. The van der Waals surface area contributed by atoms with Gasteiger partial charge in [-0.2, -0.15) is 0 Å². The topological polar surface area (TPSA) is 0 Å². The Kier molecular flexibility index (Phi) is 6.78. The van der Waals surface area contributed by atoms with E-state index in [0.29, 0.717) is 10.1 Å². The minimum absolute atomic E-state index is 0.574. The normalized spacial score (nSPS) is 21.9. The summed E-state index contributed by atoms with van der Waals surface area (Å²) < 4.78 is 1.95. The number of thioether (sulfide) groups is 1. The third kappa shape index (κ3) is 4.02. The number of thiophene rings is 1. The van der Waals surface area contributed by atoms with Crippen molar-refractivity contribution in [3.63, 3.8) is 0 Å². The molecule has 2 unspecified atom stereocenters. The standard InChI is InChI=1S/C15H22Br2S2/c1-3-4-5-6-7-8-9-11-13-12(18-15(11)17)10(2)14(16)19-13/h10,14H,3-9H2,1-2H3. The van der Waals surface area contributed by atoms with Gasteiger partial charge in [0.15, 0.2) is 0 Å². The second-order valence-electron chi connectivity index (χ2n) is 5.32. The lowest BCUT2D eigenvalue weighted by Gasteiger charge is -2.06. The van der Waals surface area contributed by atoms with E-state index in [0.717, 1.165) is 0 Å². The molecule has 0 saturated carbocycles. The first-order valence-corrected chi connectivity index (χ1v) is 10.7. The molecule has 0 saturated heterocycles. The molecular weight excluding hydrogens is 404 g/mol. The van der Waals surface area contributed by atoms with Gasteiger partial charge in [-0.1, -0.05) is 61.9 Å². The number of rotatable bonds is 7. The molecule has 1 aromatic rings. The van der Waals surface area contributed by atoms with Crippen molar-refractivity contribution in [1.29, 1.82) is 0 Å². The zero-order chi connectivity index (χ0) is 13.8. The second-order valence-corrected chi connectivity index (χ2v) is 10.4. The maximum atomic E-state index is 3.79. The largest absolute Gasteiger partial charge is 0.131 e. The van der Waals surface area contributed by atoms with E-state index in [1.54, 1.807) is 15.3 Å². The molecule has 0 fully saturated rings. The summed E-state index contributed by atoms with van der Waals surface area (Å²) in [5, 5.41) is 0. The Morgan fingerprint density at radius 3 is 2.53 bits per heavy atom. The van der Waals surface area contributed by atoms with Gasteiger partial charge in [0.1, 0.15) is 0 Å². The van der Waals surface area contributed by atoms with Crippen LogP contribution in [0, 0.1) is 0 Å². The van der Waals surface area contributed by atoms with Gasteiger partial charge in [-0.05, 0) is 34.3 Å². The van der Waals surface area contributed by atoms with Crippen LogP contribution in [-0.4, -0.2) is 4.16 Å². The maximum absolute atomic E-state index is 3.79. The molecule has 108 valence electrons. The SMILES string of the molecule is CCCCCCCCc1c(Br)sc2c1SC(Br)C2C. The Morgan fingerprint density at radius 1 is 1.11 bits per heavy atom. The quantitative estimate of drug-likeness (QED) is 0.325. The van der Waals surface area contributed by atoms with E-state index in [-0.39, 0.29) is 0 Å². The van der Waals surface area contributed by atoms with Crippen LogP contribution in [0.2, 0.25) is 0 Å². The minimum atomic E-state index is 0.574. The van der Waals surface area contributed by atoms with Gasteiger partial charge in [-0.25, -0.2) is 0 Å².